The molecule has 0 aliphatic rings. The van der Waals surface area contributed by atoms with Crippen LogP contribution in [0.5, 0.6) is 0 Å². The Labute approximate surface area is 158 Å². The van der Waals surface area contributed by atoms with E-state index in [1.807, 2.05) is 14.1 Å². The van der Waals surface area contributed by atoms with Crippen molar-refractivity contribution in [1.82, 2.24) is 20.1 Å². The van der Waals surface area contributed by atoms with Gasteiger partial charge in [-0.1, -0.05) is 13.8 Å². The molecule has 0 aromatic carbocycles. The highest BCUT2D eigenvalue weighted by atomic mass is 127. The van der Waals surface area contributed by atoms with Gasteiger partial charge >= 0.3 is 0 Å². The number of nitrogens with one attached hydrogen (secondary N) is 2. The van der Waals surface area contributed by atoms with E-state index in [0.717, 1.165) is 32.0 Å². The molecule has 1 rings (SSSR count). The lowest BCUT2D eigenvalue weighted by molar-refractivity contribution is 0.292. The Morgan fingerprint density at radius 2 is 2.04 bits per heavy atom. The molecule has 0 radical (unpaired) electrons. The molecular weight excluding hydrogens is 401 g/mol. The first-order valence-corrected chi connectivity index (χ1v) is 8.39. The van der Waals surface area contributed by atoms with E-state index in [0.29, 0.717) is 6.04 Å². The van der Waals surface area contributed by atoms with Crippen molar-refractivity contribution in [2.24, 2.45) is 12.0 Å². The molecule has 5 nitrogen and oxygen atoms in total. The van der Waals surface area contributed by atoms with Gasteiger partial charge in [-0.15, -0.1) is 24.0 Å². The highest BCUT2D eigenvalue weighted by Crippen LogP contribution is 2.01. The van der Waals surface area contributed by atoms with E-state index >= 15 is 0 Å². The quantitative estimate of drug-likeness (QED) is 0.356. The maximum atomic E-state index is 4.30. The summed E-state index contributed by atoms with van der Waals surface area (Å²) in [7, 11) is 3.86. The molecule has 0 aliphatic carbocycles. The molecule has 0 aliphatic heterocycles. The molecule has 0 amide bonds. The smallest absolute Gasteiger partial charge is 0.191 e. The van der Waals surface area contributed by atoms with Gasteiger partial charge in [0.05, 0.1) is 0 Å². The molecule has 1 atom stereocenters. The third-order valence-corrected chi connectivity index (χ3v) is 3.97. The van der Waals surface area contributed by atoms with Crippen molar-refractivity contribution in [3.05, 3.63) is 24.0 Å². The molecule has 6 heteroatoms. The summed E-state index contributed by atoms with van der Waals surface area (Å²) in [4.78, 5) is 6.77. The molecule has 1 aromatic heterocycles. The average Bonchev–Trinajstić information content (AvgIpc) is 2.93. The van der Waals surface area contributed by atoms with Crippen LogP contribution in [0.25, 0.3) is 0 Å². The summed E-state index contributed by atoms with van der Waals surface area (Å²) in [6, 6.07) is 2.55. The van der Waals surface area contributed by atoms with Gasteiger partial charge < -0.3 is 20.1 Å². The van der Waals surface area contributed by atoms with Gasteiger partial charge in [-0.3, -0.25) is 4.99 Å². The van der Waals surface area contributed by atoms with E-state index in [1.165, 1.54) is 18.5 Å². The van der Waals surface area contributed by atoms with E-state index in [1.54, 1.807) is 0 Å². The van der Waals surface area contributed by atoms with Crippen molar-refractivity contribution in [2.75, 3.05) is 26.7 Å². The SMILES string of the molecule is CCN(CC)CCCC(C)NC(=NC)NCc1ccn(C)c1.I. The molecule has 134 valence electrons. The Hall–Kier alpha value is -0.760. The van der Waals surface area contributed by atoms with Crippen LogP contribution in [0.4, 0.5) is 0 Å². The first-order valence-electron chi connectivity index (χ1n) is 8.39. The zero-order valence-electron chi connectivity index (χ0n) is 15.3. The van der Waals surface area contributed by atoms with Crippen molar-refractivity contribution < 1.29 is 0 Å². The van der Waals surface area contributed by atoms with Crippen LogP contribution in [0.15, 0.2) is 23.5 Å². The Kier molecular flexibility index (Phi) is 12.2. The van der Waals surface area contributed by atoms with Gasteiger partial charge in [-0.2, -0.15) is 0 Å². The van der Waals surface area contributed by atoms with Crippen LogP contribution in [0.2, 0.25) is 0 Å². The summed E-state index contributed by atoms with van der Waals surface area (Å²) in [6.45, 7) is 10.9. The zero-order valence-corrected chi connectivity index (χ0v) is 17.6. The number of rotatable bonds is 9. The fourth-order valence-corrected chi connectivity index (χ4v) is 2.51. The molecule has 23 heavy (non-hydrogen) atoms. The average molecular weight is 435 g/mol. The third kappa shape index (κ3) is 9.20. The Morgan fingerprint density at radius 3 is 2.57 bits per heavy atom. The number of guanidine groups is 1. The van der Waals surface area contributed by atoms with Crippen molar-refractivity contribution in [3.63, 3.8) is 0 Å². The van der Waals surface area contributed by atoms with Gasteiger partial charge in [-0.25, -0.2) is 0 Å². The summed E-state index contributed by atoms with van der Waals surface area (Å²) in [5.74, 6) is 0.874. The second-order valence-electron chi connectivity index (χ2n) is 5.83. The molecule has 0 fully saturated rings. The van der Waals surface area contributed by atoms with Crippen LogP contribution in [0, 0.1) is 0 Å². The summed E-state index contributed by atoms with van der Waals surface area (Å²) >= 11 is 0. The number of aliphatic imine (C=N–C) groups is 1. The van der Waals surface area contributed by atoms with E-state index in [2.05, 4.69) is 64.3 Å². The standard InChI is InChI=1S/C17H33N5.HI/c1-6-22(7-2)11-8-9-15(3)20-17(18-4)19-13-16-10-12-21(5)14-16;/h10,12,14-15H,6-9,11,13H2,1-5H3,(H2,18,19,20);1H. The van der Waals surface area contributed by atoms with E-state index in [9.17, 15) is 0 Å². The minimum atomic E-state index is 0. The highest BCUT2D eigenvalue weighted by molar-refractivity contribution is 14.0. The van der Waals surface area contributed by atoms with Gasteiger partial charge in [0.2, 0.25) is 0 Å². The molecular formula is C17H34IN5. The fraction of sp³-hybridized carbons (Fsp3) is 0.706. The Morgan fingerprint density at radius 1 is 1.35 bits per heavy atom. The van der Waals surface area contributed by atoms with Crippen LogP contribution >= 0.6 is 24.0 Å². The van der Waals surface area contributed by atoms with Crippen molar-refractivity contribution in [1.29, 1.82) is 0 Å². The number of aryl methyl sites for hydroxylation is 1. The number of aromatic nitrogens is 1. The second-order valence-corrected chi connectivity index (χ2v) is 5.83. The van der Waals surface area contributed by atoms with Crippen molar-refractivity contribution >= 4 is 29.9 Å². The molecule has 1 heterocycles. The van der Waals surface area contributed by atoms with Crippen LogP contribution in [0.3, 0.4) is 0 Å². The largest absolute Gasteiger partial charge is 0.357 e. The minimum Gasteiger partial charge on any atom is -0.357 e. The molecule has 2 N–H and O–H groups in total. The zero-order chi connectivity index (χ0) is 16.4. The summed E-state index contributed by atoms with van der Waals surface area (Å²) in [5, 5.41) is 6.83. The van der Waals surface area contributed by atoms with Crippen LogP contribution in [0.1, 0.15) is 39.2 Å². The highest BCUT2D eigenvalue weighted by Gasteiger charge is 2.06. The first-order chi connectivity index (χ1) is 10.6. The van der Waals surface area contributed by atoms with Crippen molar-refractivity contribution in [2.45, 2.75) is 46.2 Å². The molecule has 1 aromatic rings. The minimum absolute atomic E-state index is 0. The van der Waals surface area contributed by atoms with E-state index < -0.39 is 0 Å². The van der Waals surface area contributed by atoms with Gasteiger partial charge in [-0.05, 0) is 51.0 Å². The predicted molar refractivity (Wildman–Crippen MR) is 111 cm³/mol. The summed E-state index contributed by atoms with van der Waals surface area (Å²) in [6.07, 6.45) is 6.55. The lowest BCUT2D eigenvalue weighted by Gasteiger charge is -2.21. The molecule has 0 saturated carbocycles. The van der Waals surface area contributed by atoms with Gasteiger partial charge in [0.25, 0.3) is 0 Å². The second kappa shape index (κ2) is 12.6. The summed E-state index contributed by atoms with van der Waals surface area (Å²) in [5.41, 5.74) is 1.26. The lowest BCUT2D eigenvalue weighted by Crippen LogP contribution is -2.42. The fourth-order valence-electron chi connectivity index (χ4n) is 2.51. The lowest BCUT2D eigenvalue weighted by atomic mass is 10.2. The third-order valence-electron chi connectivity index (χ3n) is 3.97. The first kappa shape index (κ1) is 22.2. The number of nitrogens with zero attached hydrogens (tertiary/aromatic N) is 3. The normalized spacial score (nSPS) is 12.9. The number of hydrogen-bond acceptors (Lipinski definition) is 2. The topological polar surface area (TPSA) is 44.6 Å². The van der Waals surface area contributed by atoms with Gasteiger partial charge in [0.15, 0.2) is 5.96 Å². The predicted octanol–water partition coefficient (Wildman–Crippen LogP) is 2.82. The van der Waals surface area contributed by atoms with Gasteiger partial charge in [0.1, 0.15) is 0 Å². The number of hydrogen-bond donors (Lipinski definition) is 2. The van der Waals surface area contributed by atoms with Crippen LogP contribution < -0.4 is 10.6 Å². The Bertz CT molecular complexity index is 440. The Balaban J connectivity index is 0.00000484. The molecule has 0 spiro atoms. The van der Waals surface area contributed by atoms with Gasteiger partial charge in [0, 0.05) is 39.1 Å². The van der Waals surface area contributed by atoms with E-state index in [4.69, 9.17) is 0 Å². The van der Waals surface area contributed by atoms with Crippen LogP contribution in [-0.4, -0.2) is 48.2 Å². The molecule has 1 unspecified atom stereocenters. The maximum absolute atomic E-state index is 4.30. The van der Waals surface area contributed by atoms with E-state index in [-0.39, 0.29) is 24.0 Å². The summed E-state index contributed by atoms with van der Waals surface area (Å²) < 4.78 is 2.06. The van der Waals surface area contributed by atoms with Crippen molar-refractivity contribution in [3.8, 4) is 0 Å². The molecule has 0 saturated heterocycles. The maximum Gasteiger partial charge on any atom is 0.191 e. The van der Waals surface area contributed by atoms with Crippen LogP contribution in [-0.2, 0) is 13.6 Å². The molecule has 0 bridgehead atoms. The monoisotopic (exact) mass is 435 g/mol. The number of halogens is 1.